The molecule has 0 saturated carbocycles. The van der Waals surface area contributed by atoms with Crippen molar-refractivity contribution in [3.05, 3.63) is 71.7 Å². The molecule has 0 aliphatic carbocycles. The molecular formula is C24H19N3O4S2. The van der Waals surface area contributed by atoms with Gasteiger partial charge in [0.2, 0.25) is 18.6 Å². The molecule has 0 bridgehead atoms. The molecule has 0 atom stereocenters. The Kier molecular flexibility index (Phi) is 6.14. The molecule has 2 heterocycles. The highest BCUT2D eigenvalue weighted by Gasteiger charge is 2.15. The van der Waals surface area contributed by atoms with Crippen LogP contribution in [-0.2, 0) is 16.0 Å². The number of anilines is 2. The first-order valence-corrected chi connectivity index (χ1v) is 12.0. The zero-order valence-electron chi connectivity index (χ0n) is 17.4. The molecule has 7 nitrogen and oxygen atoms in total. The van der Waals surface area contributed by atoms with Crippen LogP contribution in [0.4, 0.5) is 11.4 Å². The van der Waals surface area contributed by atoms with Crippen LogP contribution in [0.15, 0.2) is 70.4 Å². The second-order valence-corrected chi connectivity index (χ2v) is 9.34. The third kappa shape index (κ3) is 5.10. The first-order valence-electron chi connectivity index (χ1n) is 10.2. The number of rotatable bonds is 7. The summed E-state index contributed by atoms with van der Waals surface area (Å²) in [5.74, 6) is 1.23. The Hall–Kier alpha value is -3.56. The Balaban J connectivity index is 1.13. The highest BCUT2D eigenvalue weighted by Crippen LogP contribution is 2.34. The van der Waals surface area contributed by atoms with E-state index in [0.717, 1.165) is 20.8 Å². The highest BCUT2D eigenvalue weighted by molar-refractivity contribution is 8.01. The van der Waals surface area contributed by atoms with E-state index in [1.807, 2.05) is 47.8 Å². The maximum Gasteiger partial charge on any atom is 0.234 e. The summed E-state index contributed by atoms with van der Waals surface area (Å²) in [5, 5.41) is 9.73. The molecule has 4 aromatic rings. The molecule has 9 heteroatoms. The topological polar surface area (TPSA) is 89.6 Å². The van der Waals surface area contributed by atoms with E-state index >= 15 is 0 Å². The molecule has 0 unspecified atom stereocenters. The van der Waals surface area contributed by atoms with E-state index in [1.165, 1.54) is 23.1 Å². The Bertz CT molecular complexity index is 1330. The normalized spacial score (nSPS) is 12.0. The Labute approximate surface area is 198 Å². The average molecular weight is 478 g/mol. The number of ether oxygens (including phenoxy) is 2. The smallest absolute Gasteiger partial charge is 0.234 e. The van der Waals surface area contributed by atoms with E-state index in [0.29, 0.717) is 22.9 Å². The van der Waals surface area contributed by atoms with Gasteiger partial charge in [-0.1, -0.05) is 48.2 Å². The molecule has 166 valence electrons. The molecule has 33 heavy (non-hydrogen) atoms. The molecule has 1 aromatic heterocycles. The summed E-state index contributed by atoms with van der Waals surface area (Å²) >= 11 is 2.77. The summed E-state index contributed by atoms with van der Waals surface area (Å²) in [7, 11) is 0. The van der Waals surface area contributed by atoms with Crippen LogP contribution >= 0.6 is 23.1 Å². The standard InChI is InChI=1S/C24H19N3O4S2/c28-22(25-16-8-9-20-21(10-16)31-14-30-20)11-17-12-32-24(26-17)33-13-23(29)27-19-7-3-5-15-4-1-2-6-18(15)19/h1-10,12H,11,13-14H2,(H,25,28)(H,27,29). The number of benzene rings is 3. The summed E-state index contributed by atoms with van der Waals surface area (Å²) in [4.78, 5) is 29.3. The zero-order valence-corrected chi connectivity index (χ0v) is 19.0. The first-order chi connectivity index (χ1) is 16.1. The summed E-state index contributed by atoms with van der Waals surface area (Å²) in [5.41, 5.74) is 2.09. The van der Waals surface area contributed by atoms with E-state index in [2.05, 4.69) is 15.6 Å². The zero-order chi connectivity index (χ0) is 22.6. The van der Waals surface area contributed by atoms with E-state index in [9.17, 15) is 9.59 Å². The Morgan fingerprint density at radius 2 is 1.82 bits per heavy atom. The van der Waals surface area contributed by atoms with Crippen molar-refractivity contribution in [1.29, 1.82) is 0 Å². The van der Waals surface area contributed by atoms with Crippen molar-refractivity contribution in [3.8, 4) is 11.5 Å². The van der Waals surface area contributed by atoms with Gasteiger partial charge in [0.25, 0.3) is 0 Å². The molecule has 0 spiro atoms. The van der Waals surface area contributed by atoms with E-state index in [1.54, 1.807) is 18.2 Å². The fourth-order valence-electron chi connectivity index (χ4n) is 3.43. The van der Waals surface area contributed by atoms with Gasteiger partial charge in [0.05, 0.1) is 17.9 Å². The van der Waals surface area contributed by atoms with Gasteiger partial charge >= 0.3 is 0 Å². The summed E-state index contributed by atoms with van der Waals surface area (Å²) < 4.78 is 11.3. The lowest BCUT2D eigenvalue weighted by molar-refractivity contribution is -0.116. The van der Waals surface area contributed by atoms with Gasteiger partial charge in [-0.15, -0.1) is 11.3 Å². The number of fused-ring (bicyclic) bond motifs is 2. The number of nitrogens with one attached hydrogen (secondary N) is 2. The predicted octanol–water partition coefficient (Wildman–Crippen LogP) is 4.94. The van der Waals surface area contributed by atoms with Crippen LogP contribution in [0.25, 0.3) is 10.8 Å². The predicted molar refractivity (Wildman–Crippen MR) is 130 cm³/mol. The fourth-order valence-corrected chi connectivity index (χ4v) is 5.07. The molecule has 1 aliphatic rings. The fraction of sp³-hybridized carbons (Fsp3) is 0.125. The van der Waals surface area contributed by atoms with Crippen LogP contribution in [0.5, 0.6) is 11.5 Å². The summed E-state index contributed by atoms with van der Waals surface area (Å²) in [6.07, 6.45) is 0.147. The van der Waals surface area contributed by atoms with E-state index in [-0.39, 0.29) is 30.8 Å². The third-order valence-corrected chi connectivity index (χ3v) is 6.99. The second-order valence-electron chi connectivity index (χ2n) is 7.26. The monoisotopic (exact) mass is 477 g/mol. The summed E-state index contributed by atoms with van der Waals surface area (Å²) in [6, 6.07) is 19.0. The minimum absolute atomic E-state index is 0.103. The lowest BCUT2D eigenvalue weighted by Gasteiger charge is -2.08. The lowest BCUT2D eigenvalue weighted by atomic mass is 10.1. The minimum atomic E-state index is -0.176. The van der Waals surface area contributed by atoms with Gasteiger partial charge in [0, 0.05) is 28.2 Å². The maximum absolute atomic E-state index is 12.5. The van der Waals surface area contributed by atoms with Gasteiger partial charge in [-0.3, -0.25) is 9.59 Å². The van der Waals surface area contributed by atoms with Gasteiger partial charge in [-0.25, -0.2) is 4.98 Å². The van der Waals surface area contributed by atoms with Crippen molar-refractivity contribution in [1.82, 2.24) is 4.98 Å². The van der Waals surface area contributed by atoms with Crippen LogP contribution in [0, 0.1) is 0 Å². The Morgan fingerprint density at radius 1 is 0.970 bits per heavy atom. The number of carbonyl (C=O) groups is 2. The van der Waals surface area contributed by atoms with Gasteiger partial charge in [0.1, 0.15) is 0 Å². The van der Waals surface area contributed by atoms with Crippen molar-refractivity contribution in [2.75, 3.05) is 23.2 Å². The third-order valence-electron chi connectivity index (χ3n) is 4.92. The molecular weight excluding hydrogens is 458 g/mol. The number of carbonyl (C=O) groups excluding carboxylic acids is 2. The molecule has 0 radical (unpaired) electrons. The number of nitrogens with zero attached hydrogens (tertiary/aromatic N) is 1. The van der Waals surface area contributed by atoms with Crippen LogP contribution in [-0.4, -0.2) is 29.3 Å². The maximum atomic E-state index is 12.5. The lowest BCUT2D eigenvalue weighted by Crippen LogP contribution is -2.15. The summed E-state index contributed by atoms with van der Waals surface area (Å²) in [6.45, 7) is 0.186. The van der Waals surface area contributed by atoms with Gasteiger partial charge < -0.3 is 20.1 Å². The van der Waals surface area contributed by atoms with Crippen molar-refractivity contribution in [2.45, 2.75) is 10.8 Å². The number of amides is 2. The van der Waals surface area contributed by atoms with Crippen molar-refractivity contribution in [2.24, 2.45) is 0 Å². The van der Waals surface area contributed by atoms with Crippen molar-refractivity contribution >= 4 is 57.1 Å². The van der Waals surface area contributed by atoms with E-state index in [4.69, 9.17) is 9.47 Å². The average Bonchev–Trinajstić information content (AvgIpc) is 3.47. The van der Waals surface area contributed by atoms with E-state index < -0.39 is 0 Å². The quantitative estimate of drug-likeness (QED) is 0.367. The number of thioether (sulfide) groups is 1. The first kappa shape index (κ1) is 21.3. The molecule has 1 aliphatic heterocycles. The number of hydrogen-bond donors (Lipinski definition) is 2. The molecule has 5 rings (SSSR count). The number of thiazole rings is 1. The van der Waals surface area contributed by atoms with Gasteiger partial charge in [0.15, 0.2) is 15.8 Å². The number of hydrogen-bond acceptors (Lipinski definition) is 7. The van der Waals surface area contributed by atoms with Gasteiger partial charge in [-0.05, 0) is 23.6 Å². The van der Waals surface area contributed by atoms with Crippen LogP contribution in [0.2, 0.25) is 0 Å². The van der Waals surface area contributed by atoms with Crippen molar-refractivity contribution < 1.29 is 19.1 Å². The van der Waals surface area contributed by atoms with Crippen LogP contribution in [0.3, 0.4) is 0 Å². The van der Waals surface area contributed by atoms with Gasteiger partial charge in [-0.2, -0.15) is 0 Å². The SMILES string of the molecule is O=C(Cc1csc(SCC(=O)Nc2cccc3ccccc23)n1)Nc1ccc2c(c1)OCO2. The highest BCUT2D eigenvalue weighted by atomic mass is 32.2. The Morgan fingerprint density at radius 3 is 2.76 bits per heavy atom. The molecule has 0 saturated heterocycles. The van der Waals surface area contributed by atoms with Crippen LogP contribution < -0.4 is 20.1 Å². The molecule has 0 fully saturated rings. The largest absolute Gasteiger partial charge is 0.454 e. The number of aromatic nitrogens is 1. The minimum Gasteiger partial charge on any atom is -0.454 e. The van der Waals surface area contributed by atoms with Crippen LogP contribution in [0.1, 0.15) is 5.69 Å². The molecule has 2 amide bonds. The second kappa shape index (κ2) is 9.51. The molecule has 2 N–H and O–H groups in total. The van der Waals surface area contributed by atoms with Crippen molar-refractivity contribution in [3.63, 3.8) is 0 Å². The molecule has 3 aromatic carbocycles.